The summed E-state index contributed by atoms with van der Waals surface area (Å²) >= 11 is -1.72. The van der Waals surface area contributed by atoms with Gasteiger partial charge in [0, 0.05) is 42.7 Å². The summed E-state index contributed by atoms with van der Waals surface area (Å²) < 4.78 is 73.8. The van der Waals surface area contributed by atoms with Crippen LogP contribution in [0.15, 0.2) is 114 Å². The molecule has 4 aromatic carbocycles. The zero-order valence-corrected chi connectivity index (χ0v) is 32.1. The predicted molar refractivity (Wildman–Crippen MR) is 201 cm³/mol. The summed E-state index contributed by atoms with van der Waals surface area (Å²) in [5.41, 5.74) is 4.57. The number of rotatable bonds is 6. The number of benzene rings is 4. The summed E-state index contributed by atoms with van der Waals surface area (Å²) in [4.78, 5) is 8.91. The van der Waals surface area contributed by atoms with Crippen molar-refractivity contribution in [3.05, 3.63) is 138 Å². The summed E-state index contributed by atoms with van der Waals surface area (Å²) in [6.07, 6.45) is 1.28. The zero-order chi connectivity index (χ0) is 39.9. The van der Waals surface area contributed by atoms with Crippen molar-refractivity contribution in [2.45, 2.75) is 51.2 Å². The molecular weight excluding hydrogens is 825 g/mol. The van der Waals surface area contributed by atoms with Crippen molar-refractivity contribution >= 4 is 39.6 Å². The second-order valence-electron chi connectivity index (χ2n) is 12.8. The standard InChI is InChI=1S/C29H26NO.C14H16GeN.Ir/c1-18(2)15-22-16-27(30-17-19(22)3)26-12-8-11-24-25-14-13-23(21-9-6-5-7-10-21)20(4)28(25)31-29(24)26;1-15(2,3)13-9-10-14(16-11-13)12-7-5-4-6-8-12;/h5-11,13-14,16-18H,15H2,1-4H3;4-7,9-11H,1-3H3;/q2*-1;/i3D3,4D3,15D2;;. The van der Waals surface area contributed by atoms with E-state index in [9.17, 15) is 0 Å². The third kappa shape index (κ3) is 7.73. The van der Waals surface area contributed by atoms with Crippen molar-refractivity contribution in [2.24, 2.45) is 5.92 Å². The molecule has 0 unspecified atom stereocenters. The molecular formula is C43H42GeIrN2O-2. The van der Waals surface area contributed by atoms with E-state index in [0.29, 0.717) is 27.5 Å². The summed E-state index contributed by atoms with van der Waals surface area (Å²) in [6.45, 7) is -1.64. The Balaban J connectivity index is 0.000000295. The van der Waals surface area contributed by atoms with Crippen LogP contribution in [0, 0.1) is 31.8 Å². The van der Waals surface area contributed by atoms with E-state index in [-0.39, 0.29) is 48.1 Å². The molecule has 0 saturated carbocycles. The topological polar surface area (TPSA) is 38.9 Å². The minimum Gasteiger partial charge on any atom is 0 e. The number of pyridine rings is 2. The molecule has 3 nitrogen and oxygen atoms in total. The molecule has 3 aromatic heterocycles. The van der Waals surface area contributed by atoms with E-state index in [1.54, 1.807) is 32.0 Å². The maximum Gasteiger partial charge on any atom is 0 e. The van der Waals surface area contributed by atoms with E-state index in [0.717, 1.165) is 16.8 Å². The van der Waals surface area contributed by atoms with E-state index in [1.165, 1.54) is 16.7 Å². The second-order valence-corrected chi connectivity index (χ2v) is 23.5. The molecule has 1 radical (unpaired) electrons. The fourth-order valence-electron chi connectivity index (χ4n) is 5.43. The van der Waals surface area contributed by atoms with Crippen LogP contribution in [0.2, 0.25) is 17.3 Å². The number of furan rings is 1. The van der Waals surface area contributed by atoms with Gasteiger partial charge in [-0.2, -0.15) is 0 Å². The molecule has 0 amide bonds. The van der Waals surface area contributed by atoms with Crippen LogP contribution in [-0.4, -0.2) is 23.2 Å². The minimum atomic E-state index is -2.55. The first-order chi connectivity index (χ1) is 25.8. The summed E-state index contributed by atoms with van der Waals surface area (Å²) in [5, 5.41) is 1.27. The van der Waals surface area contributed by atoms with Crippen molar-refractivity contribution < 1.29 is 35.5 Å². The Morgan fingerprint density at radius 3 is 2.23 bits per heavy atom. The fraction of sp³-hybridized carbons (Fsp3) is 0.209. The van der Waals surface area contributed by atoms with Crippen LogP contribution in [0.3, 0.4) is 0 Å². The van der Waals surface area contributed by atoms with E-state index >= 15 is 0 Å². The van der Waals surface area contributed by atoms with Crippen LogP contribution in [-0.2, 0) is 26.5 Å². The Morgan fingerprint density at radius 1 is 0.792 bits per heavy atom. The average molecular weight is 876 g/mol. The quantitative estimate of drug-likeness (QED) is 0.123. The molecule has 0 bridgehead atoms. The van der Waals surface area contributed by atoms with Gasteiger partial charge >= 0.3 is 99.8 Å². The summed E-state index contributed by atoms with van der Waals surface area (Å²) in [7, 11) is 0. The van der Waals surface area contributed by atoms with Gasteiger partial charge in [0.2, 0.25) is 0 Å². The smallest absolute Gasteiger partial charge is 0 e. The van der Waals surface area contributed by atoms with Gasteiger partial charge in [0.15, 0.2) is 0 Å². The number of hydrogen-bond acceptors (Lipinski definition) is 3. The van der Waals surface area contributed by atoms with Gasteiger partial charge in [-0.15, -0.1) is 18.2 Å². The van der Waals surface area contributed by atoms with Crippen LogP contribution < -0.4 is 4.40 Å². The summed E-state index contributed by atoms with van der Waals surface area (Å²) in [5.74, 6) is 6.64. The van der Waals surface area contributed by atoms with E-state index < -0.39 is 39.3 Å². The Kier molecular flexibility index (Phi) is 8.24. The molecule has 0 aliphatic heterocycles. The van der Waals surface area contributed by atoms with Crippen LogP contribution in [0.1, 0.15) is 41.5 Å². The second kappa shape index (κ2) is 15.2. The van der Waals surface area contributed by atoms with Gasteiger partial charge < -0.3 is 9.40 Å². The predicted octanol–water partition coefficient (Wildman–Crippen LogP) is 11.0. The van der Waals surface area contributed by atoms with Crippen molar-refractivity contribution in [2.75, 3.05) is 0 Å². The van der Waals surface area contributed by atoms with E-state index in [2.05, 4.69) is 51.5 Å². The molecule has 7 aromatic rings. The first kappa shape index (κ1) is 26.1. The van der Waals surface area contributed by atoms with E-state index in [4.69, 9.17) is 15.4 Å². The monoisotopic (exact) mass is 877 g/mol. The molecule has 7 rings (SSSR count). The largest absolute Gasteiger partial charge is 0 e. The van der Waals surface area contributed by atoms with Gasteiger partial charge in [-0.1, -0.05) is 78.9 Å². The third-order valence-electron chi connectivity index (χ3n) is 7.90. The van der Waals surface area contributed by atoms with Gasteiger partial charge in [0.25, 0.3) is 0 Å². The molecule has 0 atom stereocenters. The van der Waals surface area contributed by atoms with Gasteiger partial charge in [-0.3, -0.25) is 0 Å². The first-order valence-corrected chi connectivity index (χ1v) is 23.0. The SMILES string of the molecule is [2H]C([2H])([2H])c1cnc(-c2[c-]ccc3c2oc2c(C([2H])([2H])[2H])c(-c4ccccc4)ccc23)cc1C([2H])([2H])C(C)C.[CH3][Ge]([CH3])([CH3])[c]1ccc(-c2[c-]cccc2)nc1.[Ir]. The van der Waals surface area contributed by atoms with Crippen molar-refractivity contribution in [3.8, 4) is 33.6 Å². The van der Waals surface area contributed by atoms with Crippen LogP contribution >= 0.6 is 0 Å². The molecule has 0 N–H and O–H groups in total. The molecule has 0 spiro atoms. The van der Waals surface area contributed by atoms with Crippen LogP contribution in [0.5, 0.6) is 0 Å². The zero-order valence-electron chi connectivity index (χ0n) is 35.6. The van der Waals surface area contributed by atoms with Crippen molar-refractivity contribution in [1.29, 1.82) is 0 Å². The molecule has 0 fully saturated rings. The van der Waals surface area contributed by atoms with Gasteiger partial charge in [0.05, 0.1) is 5.58 Å². The maximum absolute atomic E-state index is 8.65. The summed E-state index contributed by atoms with van der Waals surface area (Å²) in [6, 6.07) is 36.3. The number of hydrogen-bond donors (Lipinski definition) is 0. The molecule has 5 heteroatoms. The minimum absolute atomic E-state index is 0. The molecule has 3 heterocycles. The van der Waals surface area contributed by atoms with Gasteiger partial charge in [-0.05, 0) is 53.9 Å². The molecule has 0 aliphatic carbocycles. The Labute approximate surface area is 312 Å². The molecule has 0 aliphatic rings. The van der Waals surface area contributed by atoms with Crippen LogP contribution in [0.4, 0.5) is 0 Å². The average Bonchev–Trinajstić information content (AvgIpc) is 3.53. The number of fused-ring (bicyclic) bond motifs is 3. The van der Waals surface area contributed by atoms with Gasteiger partial charge in [0.1, 0.15) is 5.58 Å². The Morgan fingerprint density at radius 2 is 1.56 bits per heavy atom. The van der Waals surface area contributed by atoms with Gasteiger partial charge in [-0.25, -0.2) is 0 Å². The molecule has 48 heavy (non-hydrogen) atoms. The fourth-order valence-corrected chi connectivity index (χ4v) is 7.60. The normalized spacial score (nSPS) is 14.6. The Hall–Kier alpha value is -3.83. The van der Waals surface area contributed by atoms with Crippen LogP contribution in [0.25, 0.3) is 55.6 Å². The van der Waals surface area contributed by atoms with Crippen molar-refractivity contribution in [3.63, 3.8) is 0 Å². The number of aromatic nitrogens is 2. The first-order valence-electron chi connectivity index (χ1n) is 19.7. The van der Waals surface area contributed by atoms with E-state index in [1.807, 2.05) is 66.9 Å². The third-order valence-corrected chi connectivity index (χ3v) is 12.2. The molecule has 245 valence electrons. The molecule has 0 saturated heterocycles. The van der Waals surface area contributed by atoms with Crippen molar-refractivity contribution in [1.82, 2.24) is 9.97 Å². The number of nitrogens with zero attached hydrogens (tertiary/aromatic N) is 2. The maximum atomic E-state index is 8.65. The Bertz CT molecular complexity index is 2440. The number of aryl methyl sites for hydroxylation is 2.